The van der Waals surface area contributed by atoms with Gasteiger partial charge in [0.25, 0.3) is 0 Å². The van der Waals surface area contributed by atoms with Crippen molar-refractivity contribution in [2.24, 2.45) is 5.73 Å². The maximum absolute atomic E-state index is 5.60. The summed E-state index contributed by atoms with van der Waals surface area (Å²) in [7, 11) is 0. The Morgan fingerprint density at radius 3 is 2.91 bits per heavy atom. The van der Waals surface area contributed by atoms with E-state index in [9.17, 15) is 0 Å². The first kappa shape index (κ1) is 6.54. The summed E-state index contributed by atoms with van der Waals surface area (Å²) in [5, 5.41) is 3.17. The summed E-state index contributed by atoms with van der Waals surface area (Å²) < 4.78 is 0. The molecule has 4 heteroatoms. The van der Waals surface area contributed by atoms with Crippen LogP contribution in [0.15, 0.2) is 18.6 Å². The molecule has 1 aliphatic rings. The van der Waals surface area contributed by atoms with Crippen molar-refractivity contribution in [3.63, 3.8) is 0 Å². The van der Waals surface area contributed by atoms with E-state index in [0.717, 1.165) is 12.2 Å². The SMILES string of the molecule is NC1CC1Nc1cnccn1. The normalized spacial score (nSPS) is 28.1. The lowest BCUT2D eigenvalue weighted by molar-refractivity contribution is 0.991. The van der Waals surface area contributed by atoms with Gasteiger partial charge in [0.2, 0.25) is 0 Å². The molecule has 11 heavy (non-hydrogen) atoms. The van der Waals surface area contributed by atoms with Crippen LogP contribution in [0.25, 0.3) is 0 Å². The molecule has 0 spiro atoms. The number of aromatic nitrogens is 2. The minimum Gasteiger partial charge on any atom is -0.364 e. The minimum atomic E-state index is 0.303. The first-order valence-electron chi connectivity index (χ1n) is 3.64. The van der Waals surface area contributed by atoms with Crippen LogP contribution < -0.4 is 11.1 Å². The highest BCUT2D eigenvalue weighted by Gasteiger charge is 2.33. The van der Waals surface area contributed by atoms with E-state index in [4.69, 9.17) is 5.73 Å². The Kier molecular flexibility index (Phi) is 1.47. The second-order valence-corrected chi connectivity index (χ2v) is 2.74. The summed E-state index contributed by atoms with van der Waals surface area (Å²) in [5.41, 5.74) is 5.60. The third-order valence-corrected chi connectivity index (χ3v) is 1.74. The molecule has 1 fully saturated rings. The second-order valence-electron chi connectivity index (χ2n) is 2.74. The summed E-state index contributed by atoms with van der Waals surface area (Å²) in [6.45, 7) is 0. The topological polar surface area (TPSA) is 63.8 Å². The standard InChI is InChI=1S/C7H10N4/c8-5-3-6(5)11-7-4-9-1-2-10-7/h1-2,4-6H,3,8H2,(H,10,11). The van der Waals surface area contributed by atoms with Crippen molar-refractivity contribution in [3.05, 3.63) is 18.6 Å². The van der Waals surface area contributed by atoms with Crippen molar-refractivity contribution < 1.29 is 0 Å². The number of nitrogens with one attached hydrogen (secondary N) is 1. The van der Waals surface area contributed by atoms with Gasteiger partial charge in [-0.05, 0) is 6.42 Å². The molecule has 0 bridgehead atoms. The molecule has 1 aromatic rings. The summed E-state index contributed by atoms with van der Waals surface area (Å²) in [6.07, 6.45) is 6.05. The van der Waals surface area contributed by atoms with Crippen molar-refractivity contribution >= 4 is 5.82 Å². The van der Waals surface area contributed by atoms with Gasteiger partial charge in [-0.25, -0.2) is 4.98 Å². The van der Waals surface area contributed by atoms with Crippen molar-refractivity contribution in [2.45, 2.75) is 18.5 Å². The van der Waals surface area contributed by atoms with E-state index in [1.807, 2.05) is 0 Å². The first-order valence-corrected chi connectivity index (χ1v) is 3.64. The van der Waals surface area contributed by atoms with E-state index >= 15 is 0 Å². The lowest BCUT2D eigenvalue weighted by atomic mass is 10.6. The number of rotatable bonds is 2. The van der Waals surface area contributed by atoms with Crippen molar-refractivity contribution in [2.75, 3.05) is 5.32 Å². The minimum absolute atomic E-state index is 0.303. The van der Waals surface area contributed by atoms with Gasteiger partial charge in [-0.3, -0.25) is 4.98 Å². The van der Waals surface area contributed by atoms with E-state index in [2.05, 4.69) is 15.3 Å². The summed E-state index contributed by atoms with van der Waals surface area (Å²) in [4.78, 5) is 7.99. The molecule has 1 saturated carbocycles. The fraction of sp³-hybridized carbons (Fsp3) is 0.429. The molecular formula is C7H10N4. The van der Waals surface area contributed by atoms with Crippen molar-refractivity contribution in [3.8, 4) is 0 Å². The van der Waals surface area contributed by atoms with E-state index in [-0.39, 0.29) is 0 Å². The van der Waals surface area contributed by atoms with Crippen LogP contribution in [0.3, 0.4) is 0 Å². The van der Waals surface area contributed by atoms with Crippen LogP contribution in [-0.2, 0) is 0 Å². The summed E-state index contributed by atoms with van der Waals surface area (Å²) in [6, 6.07) is 0.712. The zero-order valence-electron chi connectivity index (χ0n) is 6.07. The molecule has 4 nitrogen and oxygen atoms in total. The zero-order chi connectivity index (χ0) is 7.68. The Bertz CT molecular complexity index is 235. The van der Waals surface area contributed by atoms with Gasteiger partial charge in [0, 0.05) is 24.5 Å². The van der Waals surface area contributed by atoms with Crippen LogP contribution in [0.4, 0.5) is 5.82 Å². The van der Waals surface area contributed by atoms with Gasteiger partial charge in [0.15, 0.2) is 0 Å². The number of nitrogens with zero attached hydrogens (tertiary/aromatic N) is 2. The molecule has 0 radical (unpaired) electrons. The predicted octanol–water partition coefficient (Wildman–Crippen LogP) is -0.0119. The predicted molar refractivity (Wildman–Crippen MR) is 42.0 cm³/mol. The third-order valence-electron chi connectivity index (χ3n) is 1.74. The van der Waals surface area contributed by atoms with E-state index < -0.39 is 0 Å². The Hall–Kier alpha value is -1.16. The lowest BCUT2D eigenvalue weighted by Crippen LogP contribution is -2.13. The van der Waals surface area contributed by atoms with E-state index in [0.29, 0.717) is 12.1 Å². The molecule has 0 aliphatic heterocycles. The monoisotopic (exact) mass is 150 g/mol. The fourth-order valence-electron chi connectivity index (χ4n) is 0.944. The van der Waals surface area contributed by atoms with Crippen molar-refractivity contribution in [1.82, 2.24) is 9.97 Å². The molecule has 2 unspecified atom stereocenters. The Morgan fingerprint density at radius 2 is 2.36 bits per heavy atom. The summed E-state index contributed by atoms with van der Waals surface area (Å²) in [5.74, 6) is 0.811. The molecule has 3 N–H and O–H groups in total. The number of hydrogen-bond acceptors (Lipinski definition) is 4. The highest BCUT2D eigenvalue weighted by Crippen LogP contribution is 2.21. The van der Waals surface area contributed by atoms with E-state index in [1.54, 1.807) is 18.6 Å². The lowest BCUT2D eigenvalue weighted by Gasteiger charge is -2.00. The first-order chi connectivity index (χ1) is 5.36. The highest BCUT2D eigenvalue weighted by molar-refractivity contribution is 5.35. The number of hydrogen-bond donors (Lipinski definition) is 2. The van der Waals surface area contributed by atoms with Crippen LogP contribution in [-0.4, -0.2) is 22.1 Å². The van der Waals surface area contributed by atoms with Gasteiger partial charge in [0.05, 0.1) is 6.20 Å². The van der Waals surface area contributed by atoms with E-state index in [1.165, 1.54) is 0 Å². The summed E-state index contributed by atoms with van der Waals surface area (Å²) >= 11 is 0. The van der Waals surface area contributed by atoms with Crippen LogP contribution in [0, 0.1) is 0 Å². The molecule has 1 aromatic heterocycles. The largest absolute Gasteiger partial charge is 0.364 e. The molecule has 1 heterocycles. The Morgan fingerprint density at radius 1 is 1.55 bits per heavy atom. The smallest absolute Gasteiger partial charge is 0.144 e. The van der Waals surface area contributed by atoms with Crippen LogP contribution in [0.2, 0.25) is 0 Å². The van der Waals surface area contributed by atoms with Crippen LogP contribution in [0.5, 0.6) is 0 Å². The van der Waals surface area contributed by atoms with Gasteiger partial charge in [-0.1, -0.05) is 0 Å². The van der Waals surface area contributed by atoms with Crippen LogP contribution in [0.1, 0.15) is 6.42 Å². The van der Waals surface area contributed by atoms with Gasteiger partial charge < -0.3 is 11.1 Å². The Labute approximate surface area is 64.8 Å². The maximum Gasteiger partial charge on any atom is 0.144 e. The van der Waals surface area contributed by atoms with Gasteiger partial charge in [-0.2, -0.15) is 0 Å². The van der Waals surface area contributed by atoms with Crippen LogP contribution >= 0.6 is 0 Å². The molecular weight excluding hydrogens is 140 g/mol. The number of anilines is 1. The molecule has 2 rings (SSSR count). The molecule has 1 aliphatic carbocycles. The molecule has 0 aromatic carbocycles. The Balaban J connectivity index is 1.97. The molecule has 0 saturated heterocycles. The second kappa shape index (κ2) is 2.47. The fourth-order valence-corrected chi connectivity index (χ4v) is 0.944. The highest BCUT2D eigenvalue weighted by atomic mass is 15.1. The zero-order valence-corrected chi connectivity index (χ0v) is 6.07. The average Bonchev–Trinajstić information content (AvgIpc) is 2.69. The third kappa shape index (κ3) is 1.46. The number of nitrogens with two attached hydrogens (primary N) is 1. The maximum atomic E-state index is 5.60. The van der Waals surface area contributed by atoms with Gasteiger partial charge >= 0.3 is 0 Å². The van der Waals surface area contributed by atoms with Gasteiger partial charge in [0.1, 0.15) is 5.82 Å². The molecule has 2 atom stereocenters. The molecule has 58 valence electrons. The van der Waals surface area contributed by atoms with Crippen molar-refractivity contribution in [1.29, 1.82) is 0 Å². The average molecular weight is 150 g/mol. The molecule has 0 amide bonds. The quantitative estimate of drug-likeness (QED) is 0.622. The van der Waals surface area contributed by atoms with Gasteiger partial charge in [-0.15, -0.1) is 0 Å².